The zero-order valence-electron chi connectivity index (χ0n) is 21.5. The highest BCUT2D eigenvalue weighted by molar-refractivity contribution is 6.31. The molecule has 3 aromatic rings. The second-order valence-electron chi connectivity index (χ2n) is 9.25. The first kappa shape index (κ1) is 27.3. The average Bonchev–Trinajstić information content (AvgIpc) is 2.85. The van der Waals surface area contributed by atoms with Crippen LogP contribution in [0.3, 0.4) is 0 Å². The third-order valence-corrected chi connectivity index (χ3v) is 6.50. The molecule has 6 heteroatoms. The van der Waals surface area contributed by atoms with Crippen molar-refractivity contribution in [1.82, 2.24) is 10.2 Å². The van der Waals surface area contributed by atoms with Crippen LogP contribution in [0.1, 0.15) is 42.5 Å². The molecule has 5 nitrogen and oxygen atoms in total. The number of nitrogens with zero attached hydrogens (tertiary/aromatic N) is 1. The number of halogens is 1. The van der Waals surface area contributed by atoms with E-state index in [4.69, 9.17) is 16.3 Å². The summed E-state index contributed by atoms with van der Waals surface area (Å²) < 4.78 is 5.90. The molecule has 0 spiro atoms. The van der Waals surface area contributed by atoms with Crippen LogP contribution in [0, 0.1) is 13.8 Å². The predicted octanol–water partition coefficient (Wildman–Crippen LogP) is 5.89. The van der Waals surface area contributed by atoms with Crippen molar-refractivity contribution in [1.29, 1.82) is 0 Å². The quantitative estimate of drug-likeness (QED) is 0.352. The number of rotatable bonds is 11. The summed E-state index contributed by atoms with van der Waals surface area (Å²) in [5.41, 5.74) is 3.85. The Kier molecular flexibility index (Phi) is 9.95. The van der Waals surface area contributed by atoms with Crippen molar-refractivity contribution in [3.63, 3.8) is 0 Å². The van der Waals surface area contributed by atoms with Crippen molar-refractivity contribution in [3.05, 3.63) is 100 Å². The smallest absolute Gasteiger partial charge is 0.261 e. The summed E-state index contributed by atoms with van der Waals surface area (Å²) in [6.07, 6.45) is 1.17. The van der Waals surface area contributed by atoms with Crippen LogP contribution in [-0.2, 0) is 22.6 Å². The van der Waals surface area contributed by atoms with Crippen molar-refractivity contribution in [2.24, 2.45) is 0 Å². The van der Waals surface area contributed by atoms with Gasteiger partial charge in [-0.05, 0) is 67.6 Å². The van der Waals surface area contributed by atoms with Gasteiger partial charge in [0.15, 0.2) is 6.61 Å². The minimum Gasteiger partial charge on any atom is -0.484 e. The van der Waals surface area contributed by atoms with Gasteiger partial charge in [0, 0.05) is 24.0 Å². The van der Waals surface area contributed by atoms with Gasteiger partial charge in [-0.3, -0.25) is 9.59 Å². The number of benzene rings is 3. The number of carbonyl (C=O) groups excluding carboxylic acids is 2. The SMILES string of the molecule is CC[C@H](C)NC(=O)[C@H](Cc1ccccc1)N(Cc1ccccc1Cl)C(=O)COc1cc(C)cc(C)c1. The Balaban J connectivity index is 1.93. The summed E-state index contributed by atoms with van der Waals surface area (Å²) in [5, 5.41) is 3.62. The normalized spacial score (nSPS) is 12.5. The Morgan fingerprint density at radius 3 is 2.25 bits per heavy atom. The molecular formula is C30H35ClN2O3. The van der Waals surface area contributed by atoms with E-state index in [1.807, 2.05) is 94.4 Å². The fourth-order valence-corrected chi connectivity index (χ4v) is 4.24. The Bertz CT molecular complexity index is 1150. The molecule has 0 aliphatic carbocycles. The summed E-state index contributed by atoms with van der Waals surface area (Å²) in [4.78, 5) is 28.8. The van der Waals surface area contributed by atoms with E-state index < -0.39 is 6.04 Å². The number of ether oxygens (including phenoxy) is 1. The van der Waals surface area contributed by atoms with Crippen molar-refractivity contribution >= 4 is 23.4 Å². The molecule has 0 saturated carbocycles. The molecule has 190 valence electrons. The number of amides is 2. The van der Waals surface area contributed by atoms with Gasteiger partial charge in [0.1, 0.15) is 11.8 Å². The van der Waals surface area contributed by atoms with Gasteiger partial charge in [-0.15, -0.1) is 0 Å². The number of nitrogens with one attached hydrogen (secondary N) is 1. The van der Waals surface area contributed by atoms with Gasteiger partial charge in [0.05, 0.1) is 0 Å². The third kappa shape index (κ3) is 7.85. The summed E-state index contributed by atoms with van der Waals surface area (Å²) in [5.74, 6) is 0.150. The molecule has 0 aromatic heterocycles. The summed E-state index contributed by atoms with van der Waals surface area (Å²) in [6, 6.07) is 22.2. The molecule has 0 fully saturated rings. The second-order valence-corrected chi connectivity index (χ2v) is 9.66. The maximum atomic E-state index is 13.7. The standard InChI is InChI=1S/C30H35ClN2O3/c1-5-23(4)32-30(35)28(18-24-11-7-6-8-12-24)33(19-25-13-9-10-14-27(25)31)29(34)20-36-26-16-21(2)15-22(3)17-26/h6-17,23,28H,5,18-20H2,1-4H3,(H,32,35)/t23-,28-/m0/s1. The van der Waals surface area contributed by atoms with E-state index in [1.54, 1.807) is 11.0 Å². The third-order valence-electron chi connectivity index (χ3n) is 6.13. The summed E-state index contributed by atoms with van der Waals surface area (Å²) in [6.45, 7) is 7.96. The molecule has 3 rings (SSSR count). The van der Waals surface area contributed by atoms with Gasteiger partial charge >= 0.3 is 0 Å². The molecule has 0 aliphatic heterocycles. The van der Waals surface area contributed by atoms with E-state index in [9.17, 15) is 9.59 Å². The van der Waals surface area contributed by atoms with Crippen molar-refractivity contribution < 1.29 is 14.3 Å². The van der Waals surface area contributed by atoms with Crippen LogP contribution in [0.2, 0.25) is 5.02 Å². The first-order valence-electron chi connectivity index (χ1n) is 12.3. The van der Waals surface area contributed by atoms with Crippen molar-refractivity contribution in [3.8, 4) is 5.75 Å². The Hall–Kier alpha value is -3.31. The molecular weight excluding hydrogens is 472 g/mol. The van der Waals surface area contributed by atoms with Crippen LogP contribution in [0.25, 0.3) is 0 Å². The van der Waals surface area contributed by atoms with Crippen LogP contribution in [0.15, 0.2) is 72.8 Å². The molecule has 0 heterocycles. The fourth-order valence-electron chi connectivity index (χ4n) is 4.05. The minimum absolute atomic E-state index is 0.0143. The van der Waals surface area contributed by atoms with Gasteiger partial charge in [-0.1, -0.05) is 73.1 Å². The first-order chi connectivity index (χ1) is 17.3. The van der Waals surface area contributed by atoms with E-state index >= 15 is 0 Å². The largest absolute Gasteiger partial charge is 0.484 e. The molecule has 0 saturated heterocycles. The zero-order valence-corrected chi connectivity index (χ0v) is 22.2. The summed E-state index contributed by atoms with van der Waals surface area (Å²) in [7, 11) is 0. The van der Waals surface area contributed by atoms with E-state index in [0.717, 1.165) is 28.7 Å². The van der Waals surface area contributed by atoms with Crippen molar-refractivity contribution in [2.75, 3.05) is 6.61 Å². The second kappa shape index (κ2) is 13.1. The minimum atomic E-state index is -0.729. The maximum Gasteiger partial charge on any atom is 0.261 e. The Morgan fingerprint density at radius 2 is 1.61 bits per heavy atom. The molecule has 2 atom stereocenters. The molecule has 0 radical (unpaired) electrons. The fraction of sp³-hybridized carbons (Fsp3) is 0.333. The molecule has 1 N–H and O–H groups in total. The molecule has 0 unspecified atom stereocenters. The van der Waals surface area contributed by atoms with Crippen molar-refractivity contribution in [2.45, 2.75) is 59.2 Å². The number of hydrogen-bond donors (Lipinski definition) is 1. The lowest BCUT2D eigenvalue weighted by Gasteiger charge is -2.32. The first-order valence-corrected chi connectivity index (χ1v) is 12.7. The van der Waals surface area contributed by atoms with Crippen LogP contribution >= 0.6 is 11.6 Å². The van der Waals surface area contributed by atoms with Gasteiger partial charge in [0.25, 0.3) is 5.91 Å². The molecule has 3 aromatic carbocycles. The highest BCUT2D eigenvalue weighted by atomic mass is 35.5. The van der Waals surface area contributed by atoms with Gasteiger partial charge in [-0.2, -0.15) is 0 Å². The van der Waals surface area contributed by atoms with E-state index in [2.05, 4.69) is 5.32 Å². The predicted molar refractivity (Wildman–Crippen MR) is 145 cm³/mol. The van der Waals surface area contributed by atoms with Gasteiger partial charge < -0.3 is 15.0 Å². The van der Waals surface area contributed by atoms with Crippen LogP contribution in [0.5, 0.6) is 5.75 Å². The average molecular weight is 507 g/mol. The van der Waals surface area contributed by atoms with Gasteiger partial charge in [-0.25, -0.2) is 0 Å². The molecule has 2 amide bonds. The number of aryl methyl sites for hydroxylation is 2. The molecule has 0 aliphatic rings. The number of hydrogen-bond acceptors (Lipinski definition) is 3. The zero-order chi connectivity index (χ0) is 26.1. The Labute approximate surface area is 219 Å². The van der Waals surface area contributed by atoms with Crippen LogP contribution in [-0.4, -0.2) is 35.4 Å². The Morgan fingerprint density at radius 1 is 0.972 bits per heavy atom. The lowest BCUT2D eigenvalue weighted by atomic mass is 10.0. The monoisotopic (exact) mass is 506 g/mol. The summed E-state index contributed by atoms with van der Waals surface area (Å²) >= 11 is 6.46. The van der Waals surface area contributed by atoms with E-state index in [-0.39, 0.29) is 31.0 Å². The van der Waals surface area contributed by atoms with E-state index in [1.165, 1.54) is 0 Å². The topological polar surface area (TPSA) is 58.6 Å². The van der Waals surface area contributed by atoms with Crippen LogP contribution in [0.4, 0.5) is 0 Å². The lowest BCUT2D eigenvalue weighted by Crippen LogP contribution is -2.53. The highest BCUT2D eigenvalue weighted by Crippen LogP contribution is 2.22. The molecule has 0 bridgehead atoms. The molecule has 36 heavy (non-hydrogen) atoms. The number of carbonyl (C=O) groups is 2. The van der Waals surface area contributed by atoms with E-state index in [0.29, 0.717) is 17.2 Å². The maximum absolute atomic E-state index is 13.7. The van der Waals surface area contributed by atoms with Gasteiger partial charge in [0.2, 0.25) is 5.91 Å². The van der Waals surface area contributed by atoms with Crippen LogP contribution < -0.4 is 10.1 Å². The highest BCUT2D eigenvalue weighted by Gasteiger charge is 2.31. The lowest BCUT2D eigenvalue weighted by molar-refractivity contribution is -0.143.